The van der Waals surface area contributed by atoms with Crippen molar-refractivity contribution in [1.82, 2.24) is 10.0 Å². The Balaban J connectivity index is 1.82. The zero-order valence-corrected chi connectivity index (χ0v) is 11.8. The molecule has 108 valence electrons. The molecule has 2 atom stereocenters. The van der Waals surface area contributed by atoms with E-state index in [0.29, 0.717) is 11.8 Å². The van der Waals surface area contributed by atoms with Gasteiger partial charge in [0, 0.05) is 18.2 Å². The minimum atomic E-state index is -3.74. The van der Waals surface area contributed by atoms with Gasteiger partial charge < -0.3 is 5.32 Å². The van der Waals surface area contributed by atoms with Gasteiger partial charge in [-0.3, -0.25) is 10.1 Å². The highest BCUT2D eigenvalue weighted by Crippen LogP contribution is 2.42. The molecule has 1 aliphatic carbocycles. The molecule has 3 rings (SSSR count). The van der Waals surface area contributed by atoms with E-state index in [0.717, 1.165) is 25.2 Å². The summed E-state index contributed by atoms with van der Waals surface area (Å²) in [5.74, 6) is 0.670. The number of rotatable bonds is 4. The zero-order valence-electron chi connectivity index (χ0n) is 10.2. The molecule has 1 heterocycles. The van der Waals surface area contributed by atoms with Crippen LogP contribution in [-0.4, -0.2) is 32.5 Å². The molecule has 1 saturated heterocycles. The second-order valence-electron chi connectivity index (χ2n) is 5.00. The molecular weight excluding hydrogens is 306 g/mol. The van der Waals surface area contributed by atoms with Crippen LogP contribution in [0.25, 0.3) is 0 Å². The van der Waals surface area contributed by atoms with E-state index in [4.69, 9.17) is 11.6 Å². The molecular formula is C11H12ClN3O4S. The van der Waals surface area contributed by atoms with Crippen LogP contribution in [0.3, 0.4) is 0 Å². The maximum absolute atomic E-state index is 12.2. The average molecular weight is 318 g/mol. The lowest BCUT2D eigenvalue weighted by Gasteiger charge is -2.10. The summed E-state index contributed by atoms with van der Waals surface area (Å²) in [5, 5.41) is 13.6. The first kappa shape index (κ1) is 13.7. The van der Waals surface area contributed by atoms with Crippen molar-refractivity contribution < 1.29 is 13.3 Å². The molecule has 1 aromatic carbocycles. The number of nitrogens with zero attached hydrogens (tertiary/aromatic N) is 1. The summed E-state index contributed by atoms with van der Waals surface area (Å²) in [6.07, 6.45) is 0. The van der Waals surface area contributed by atoms with E-state index in [1.54, 1.807) is 0 Å². The summed E-state index contributed by atoms with van der Waals surface area (Å²) in [5.41, 5.74) is -0.235. The number of nitro benzene ring substituents is 1. The van der Waals surface area contributed by atoms with Crippen molar-refractivity contribution in [1.29, 1.82) is 0 Å². The summed E-state index contributed by atoms with van der Waals surface area (Å²) in [4.78, 5) is 9.87. The van der Waals surface area contributed by atoms with Gasteiger partial charge in [0.25, 0.3) is 5.69 Å². The number of sulfonamides is 1. The number of non-ortho nitro benzene ring substituents is 1. The maximum atomic E-state index is 12.2. The van der Waals surface area contributed by atoms with E-state index in [2.05, 4.69) is 10.0 Å². The second kappa shape index (κ2) is 4.66. The first-order valence-electron chi connectivity index (χ1n) is 6.07. The zero-order chi connectivity index (χ0) is 14.5. The molecule has 0 spiro atoms. The standard InChI is InChI=1S/C11H12ClN3O4S/c12-9-3-6(15(16)17)1-2-10(9)20(18,19)14-11-7-4-13-5-8(7)11/h1-3,7-8,11,13-14H,4-5H2. The Kier molecular flexibility index (Phi) is 3.20. The van der Waals surface area contributed by atoms with E-state index >= 15 is 0 Å². The summed E-state index contributed by atoms with van der Waals surface area (Å²) in [6.45, 7) is 1.62. The molecule has 0 amide bonds. The molecule has 1 saturated carbocycles. The minimum absolute atomic E-state index is 0.0625. The predicted molar refractivity (Wildman–Crippen MR) is 72.1 cm³/mol. The van der Waals surface area contributed by atoms with Crippen molar-refractivity contribution >= 4 is 27.3 Å². The third-order valence-electron chi connectivity index (χ3n) is 3.80. The van der Waals surface area contributed by atoms with Crippen LogP contribution in [0.5, 0.6) is 0 Å². The number of benzene rings is 1. The highest BCUT2D eigenvalue weighted by atomic mass is 35.5. The van der Waals surface area contributed by atoms with Crippen LogP contribution in [-0.2, 0) is 10.0 Å². The number of piperidine rings is 1. The minimum Gasteiger partial charge on any atom is -0.316 e. The van der Waals surface area contributed by atoms with Gasteiger partial charge in [-0.25, -0.2) is 13.1 Å². The molecule has 0 aromatic heterocycles. The number of nitro groups is 1. The number of halogens is 1. The van der Waals surface area contributed by atoms with E-state index in [1.807, 2.05) is 0 Å². The van der Waals surface area contributed by atoms with Crippen LogP contribution in [0.15, 0.2) is 23.1 Å². The Morgan fingerprint density at radius 1 is 1.35 bits per heavy atom. The third-order valence-corrected chi connectivity index (χ3v) is 5.74. The van der Waals surface area contributed by atoms with Gasteiger partial charge in [-0.05, 0) is 31.0 Å². The van der Waals surface area contributed by atoms with Crippen LogP contribution >= 0.6 is 11.6 Å². The molecule has 0 radical (unpaired) electrons. The third kappa shape index (κ3) is 2.28. The van der Waals surface area contributed by atoms with Gasteiger partial charge in [0.05, 0.1) is 9.95 Å². The Labute approximate surface area is 120 Å². The highest BCUT2D eigenvalue weighted by molar-refractivity contribution is 7.89. The van der Waals surface area contributed by atoms with Gasteiger partial charge in [0.2, 0.25) is 10.0 Å². The molecule has 2 fully saturated rings. The van der Waals surface area contributed by atoms with Crippen LogP contribution < -0.4 is 10.0 Å². The van der Waals surface area contributed by atoms with Gasteiger partial charge in [-0.15, -0.1) is 0 Å². The molecule has 9 heteroatoms. The summed E-state index contributed by atoms with van der Waals surface area (Å²) < 4.78 is 27.1. The number of hydrogen-bond acceptors (Lipinski definition) is 5. The Morgan fingerprint density at radius 3 is 2.55 bits per heavy atom. The van der Waals surface area contributed by atoms with Crippen LogP contribution in [0.1, 0.15) is 0 Å². The first-order chi connectivity index (χ1) is 9.40. The lowest BCUT2D eigenvalue weighted by molar-refractivity contribution is -0.384. The molecule has 2 unspecified atom stereocenters. The monoisotopic (exact) mass is 317 g/mol. The SMILES string of the molecule is O=[N+]([O-])c1ccc(S(=O)(=O)NC2C3CNCC32)c(Cl)c1. The summed E-state index contributed by atoms with van der Waals surface area (Å²) in [6, 6.07) is 3.29. The van der Waals surface area contributed by atoms with Gasteiger partial charge in [0.1, 0.15) is 4.90 Å². The van der Waals surface area contributed by atoms with Crippen LogP contribution in [0.4, 0.5) is 5.69 Å². The fraction of sp³-hybridized carbons (Fsp3) is 0.455. The molecule has 1 aromatic rings. The van der Waals surface area contributed by atoms with Gasteiger partial charge in [-0.2, -0.15) is 0 Å². The Hall–Kier alpha value is -1.22. The van der Waals surface area contributed by atoms with Crippen molar-refractivity contribution in [2.45, 2.75) is 10.9 Å². The highest BCUT2D eigenvalue weighted by Gasteiger charge is 2.54. The number of hydrogen-bond donors (Lipinski definition) is 2. The van der Waals surface area contributed by atoms with Gasteiger partial charge in [0.15, 0.2) is 0 Å². The fourth-order valence-electron chi connectivity index (χ4n) is 2.66. The molecule has 1 aliphatic heterocycles. The molecule has 0 bridgehead atoms. The lowest BCUT2D eigenvalue weighted by atomic mass is 10.3. The van der Waals surface area contributed by atoms with Crippen molar-refractivity contribution in [2.24, 2.45) is 11.8 Å². The quantitative estimate of drug-likeness (QED) is 0.630. The smallest absolute Gasteiger partial charge is 0.271 e. The largest absolute Gasteiger partial charge is 0.316 e. The first-order valence-corrected chi connectivity index (χ1v) is 7.93. The van der Waals surface area contributed by atoms with E-state index in [-0.39, 0.29) is 21.6 Å². The van der Waals surface area contributed by atoms with Crippen molar-refractivity contribution in [3.63, 3.8) is 0 Å². The van der Waals surface area contributed by atoms with Gasteiger partial charge >= 0.3 is 0 Å². The molecule has 20 heavy (non-hydrogen) atoms. The Bertz CT molecular complexity index is 668. The predicted octanol–water partition coefficient (Wildman–Crippen LogP) is 0.744. The lowest BCUT2D eigenvalue weighted by Crippen LogP contribution is -2.32. The van der Waals surface area contributed by atoms with E-state index < -0.39 is 14.9 Å². The van der Waals surface area contributed by atoms with Crippen LogP contribution in [0.2, 0.25) is 5.02 Å². The second-order valence-corrected chi connectivity index (χ2v) is 7.09. The average Bonchev–Trinajstić information content (AvgIpc) is 2.82. The van der Waals surface area contributed by atoms with Gasteiger partial charge in [-0.1, -0.05) is 11.6 Å². The fourth-order valence-corrected chi connectivity index (χ4v) is 4.53. The van der Waals surface area contributed by atoms with Crippen molar-refractivity contribution in [3.05, 3.63) is 33.3 Å². The van der Waals surface area contributed by atoms with Crippen molar-refractivity contribution in [3.8, 4) is 0 Å². The maximum Gasteiger partial charge on any atom is 0.271 e. The summed E-state index contributed by atoms with van der Waals surface area (Å²) >= 11 is 5.85. The van der Waals surface area contributed by atoms with Crippen molar-refractivity contribution in [2.75, 3.05) is 13.1 Å². The summed E-state index contributed by atoms with van der Waals surface area (Å²) in [7, 11) is -3.74. The molecule has 2 N–H and O–H groups in total. The normalized spacial score (nSPS) is 28.1. The van der Waals surface area contributed by atoms with Crippen LogP contribution in [0, 0.1) is 22.0 Å². The Morgan fingerprint density at radius 2 is 2.00 bits per heavy atom. The topological polar surface area (TPSA) is 101 Å². The molecule has 2 aliphatic rings. The number of nitrogens with one attached hydrogen (secondary N) is 2. The molecule has 7 nitrogen and oxygen atoms in total. The van der Waals surface area contributed by atoms with E-state index in [9.17, 15) is 18.5 Å². The number of fused-ring (bicyclic) bond motifs is 1. The van der Waals surface area contributed by atoms with E-state index in [1.165, 1.54) is 6.07 Å².